The van der Waals surface area contributed by atoms with Crippen LogP contribution in [0.4, 0.5) is 5.69 Å². The number of aryl methyl sites for hydroxylation is 1. The van der Waals surface area contributed by atoms with Crippen LogP contribution in [-0.2, 0) is 32.6 Å². The van der Waals surface area contributed by atoms with E-state index in [1.807, 2.05) is 58.0 Å². The number of methoxy groups -OCH3 is 1. The van der Waals surface area contributed by atoms with Crippen molar-refractivity contribution in [3.05, 3.63) is 125 Å². The number of halogens is 1. The lowest BCUT2D eigenvalue weighted by molar-refractivity contribution is -0.140. The molecule has 0 aromatic heterocycles. The highest BCUT2D eigenvalue weighted by molar-refractivity contribution is 7.92. The number of sulfonamides is 1. The highest BCUT2D eigenvalue weighted by Gasteiger charge is 2.35. The Balaban J connectivity index is 1.81. The van der Waals surface area contributed by atoms with Crippen molar-refractivity contribution in [3.63, 3.8) is 0 Å². The molecule has 4 rings (SSSR count). The molecule has 46 heavy (non-hydrogen) atoms. The number of carbonyl (C=O) groups is 2. The van der Waals surface area contributed by atoms with Crippen molar-refractivity contribution in [1.29, 1.82) is 0 Å². The fourth-order valence-corrected chi connectivity index (χ4v) is 6.45. The minimum Gasteiger partial charge on any atom is -0.497 e. The lowest BCUT2D eigenvalue weighted by atomic mass is 10.0. The number of nitrogens with one attached hydrogen (secondary N) is 1. The molecule has 4 aromatic rings. The number of nitrogens with zero attached hydrogens (tertiary/aromatic N) is 2. The van der Waals surface area contributed by atoms with Gasteiger partial charge in [-0.25, -0.2) is 8.42 Å². The third-order valence-corrected chi connectivity index (χ3v) is 9.32. The highest BCUT2D eigenvalue weighted by atomic mass is 35.5. The van der Waals surface area contributed by atoms with E-state index >= 15 is 0 Å². The van der Waals surface area contributed by atoms with Crippen molar-refractivity contribution in [3.8, 4) is 5.75 Å². The van der Waals surface area contributed by atoms with E-state index in [1.165, 1.54) is 24.1 Å². The van der Waals surface area contributed by atoms with Gasteiger partial charge in [-0.3, -0.25) is 13.9 Å². The second-order valence-electron chi connectivity index (χ2n) is 12.1. The summed E-state index contributed by atoms with van der Waals surface area (Å²) in [6, 6.07) is 28.4. The summed E-state index contributed by atoms with van der Waals surface area (Å²) in [4.78, 5) is 30.0. The normalized spacial score (nSPS) is 12.2. The predicted octanol–water partition coefficient (Wildman–Crippen LogP) is 6.41. The molecule has 0 saturated heterocycles. The molecule has 2 amide bonds. The van der Waals surface area contributed by atoms with Crippen LogP contribution in [0, 0.1) is 6.92 Å². The van der Waals surface area contributed by atoms with E-state index in [1.54, 1.807) is 60.7 Å². The SMILES string of the molecule is COc1ccc(N(CC(=O)N(Cc2ccc(Cl)cc2)C(Cc2ccccc2)C(=O)NC(C)(C)C)S(=O)(=O)c2ccc(C)cc2)cc1. The minimum atomic E-state index is -4.20. The second kappa shape index (κ2) is 14.8. The number of benzene rings is 4. The molecule has 0 aliphatic rings. The van der Waals surface area contributed by atoms with Gasteiger partial charge in [0.1, 0.15) is 18.3 Å². The molecular weight excluding hydrogens is 622 g/mol. The summed E-state index contributed by atoms with van der Waals surface area (Å²) in [5.41, 5.74) is 2.18. The Labute approximate surface area is 277 Å². The summed E-state index contributed by atoms with van der Waals surface area (Å²) < 4.78 is 34.7. The molecule has 0 bridgehead atoms. The van der Waals surface area contributed by atoms with Crippen molar-refractivity contribution in [2.24, 2.45) is 0 Å². The van der Waals surface area contributed by atoms with E-state index in [2.05, 4.69) is 5.32 Å². The molecule has 1 unspecified atom stereocenters. The zero-order chi connectivity index (χ0) is 33.5. The molecule has 1 atom stereocenters. The molecule has 8 nitrogen and oxygen atoms in total. The first kappa shape index (κ1) is 34.5. The van der Waals surface area contributed by atoms with Gasteiger partial charge in [-0.1, -0.05) is 71.8 Å². The first-order valence-corrected chi connectivity index (χ1v) is 16.7. The Hall–Kier alpha value is -4.34. The van der Waals surface area contributed by atoms with Gasteiger partial charge in [-0.05, 0) is 87.4 Å². The molecule has 242 valence electrons. The van der Waals surface area contributed by atoms with E-state index in [0.29, 0.717) is 10.8 Å². The summed E-state index contributed by atoms with van der Waals surface area (Å²) in [5.74, 6) is -0.364. The Kier molecular flexibility index (Phi) is 11.1. The van der Waals surface area contributed by atoms with Crippen molar-refractivity contribution in [2.75, 3.05) is 18.0 Å². The second-order valence-corrected chi connectivity index (χ2v) is 14.4. The number of amides is 2. The highest BCUT2D eigenvalue weighted by Crippen LogP contribution is 2.27. The Morgan fingerprint density at radius 3 is 2.02 bits per heavy atom. The van der Waals surface area contributed by atoms with Crippen LogP contribution >= 0.6 is 11.6 Å². The number of rotatable bonds is 12. The van der Waals surface area contributed by atoms with Gasteiger partial charge in [0.2, 0.25) is 11.8 Å². The predicted molar refractivity (Wildman–Crippen MR) is 183 cm³/mol. The number of anilines is 1. The van der Waals surface area contributed by atoms with Gasteiger partial charge in [-0.15, -0.1) is 0 Å². The summed E-state index contributed by atoms with van der Waals surface area (Å²) in [5, 5.41) is 3.56. The minimum absolute atomic E-state index is 0.0391. The first-order valence-electron chi connectivity index (χ1n) is 14.9. The van der Waals surface area contributed by atoms with E-state index in [9.17, 15) is 18.0 Å². The molecule has 10 heteroatoms. The number of carbonyl (C=O) groups excluding carboxylic acids is 2. The van der Waals surface area contributed by atoms with E-state index < -0.39 is 34.1 Å². The van der Waals surface area contributed by atoms with Crippen LogP contribution in [-0.4, -0.2) is 50.4 Å². The molecule has 0 heterocycles. The standard InChI is InChI=1S/C36H40ClN3O5S/c1-26-11-21-32(22-12-26)46(43,44)40(30-17-19-31(45-5)20-18-30)25-34(41)39(24-28-13-15-29(37)16-14-28)33(35(42)38-36(2,3)4)23-27-9-7-6-8-10-27/h6-22,33H,23-25H2,1-5H3,(H,38,42). The van der Waals surface area contributed by atoms with Crippen LogP contribution in [0.1, 0.15) is 37.5 Å². The largest absolute Gasteiger partial charge is 0.497 e. The molecule has 0 spiro atoms. The average molecular weight is 662 g/mol. The molecule has 0 aliphatic heterocycles. The fraction of sp³-hybridized carbons (Fsp3) is 0.278. The Bertz CT molecular complexity index is 1720. The van der Waals surface area contributed by atoms with Gasteiger partial charge in [-0.2, -0.15) is 0 Å². The summed E-state index contributed by atoms with van der Waals surface area (Å²) in [6.07, 6.45) is 0.218. The molecular formula is C36H40ClN3O5S. The Morgan fingerprint density at radius 2 is 1.46 bits per heavy atom. The number of hydrogen-bond acceptors (Lipinski definition) is 5. The van der Waals surface area contributed by atoms with Crippen LogP contribution in [0.5, 0.6) is 5.75 Å². The van der Waals surface area contributed by atoms with Gasteiger partial charge in [0.15, 0.2) is 0 Å². The van der Waals surface area contributed by atoms with Crippen molar-refractivity contribution in [2.45, 2.75) is 57.1 Å². The van der Waals surface area contributed by atoms with Crippen molar-refractivity contribution in [1.82, 2.24) is 10.2 Å². The number of hydrogen-bond donors (Lipinski definition) is 1. The molecule has 1 N–H and O–H groups in total. The van der Waals surface area contributed by atoms with Crippen LogP contribution in [0.25, 0.3) is 0 Å². The topological polar surface area (TPSA) is 96.0 Å². The molecule has 4 aromatic carbocycles. The quantitative estimate of drug-likeness (QED) is 0.189. The van der Waals surface area contributed by atoms with E-state index in [0.717, 1.165) is 21.0 Å². The van der Waals surface area contributed by atoms with Gasteiger partial charge in [0.25, 0.3) is 10.0 Å². The molecule has 0 saturated carbocycles. The smallest absolute Gasteiger partial charge is 0.264 e. The van der Waals surface area contributed by atoms with Gasteiger partial charge < -0.3 is 15.0 Å². The maximum atomic E-state index is 14.5. The summed E-state index contributed by atoms with van der Waals surface area (Å²) >= 11 is 6.15. The third-order valence-electron chi connectivity index (χ3n) is 7.28. The van der Waals surface area contributed by atoms with Gasteiger partial charge in [0, 0.05) is 23.5 Å². The van der Waals surface area contributed by atoms with Crippen molar-refractivity contribution < 1.29 is 22.7 Å². The van der Waals surface area contributed by atoms with Crippen LogP contribution in [0.2, 0.25) is 5.02 Å². The third kappa shape index (κ3) is 9.11. The van der Waals surface area contributed by atoms with Crippen molar-refractivity contribution >= 4 is 39.1 Å². The molecule has 0 aliphatic carbocycles. The lowest BCUT2D eigenvalue weighted by Crippen LogP contribution is -2.56. The van der Waals surface area contributed by atoms with E-state index in [4.69, 9.17) is 16.3 Å². The zero-order valence-corrected chi connectivity index (χ0v) is 28.3. The first-order chi connectivity index (χ1) is 21.8. The molecule has 0 fully saturated rings. The van der Waals surface area contributed by atoms with Gasteiger partial charge >= 0.3 is 0 Å². The van der Waals surface area contributed by atoms with Crippen LogP contribution in [0.15, 0.2) is 108 Å². The van der Waals surface area contributed by atoms with E-state index in [-0.39, 0.29) is 29.5 Å². The molecule has 0 radical (unpaired) electrons. The Morgan fingerprint density at radius 1 is 0.848 bits per heavy atom. The summed E-state index contributed by atoms with van der Waals surface area (Å²) in [6.45, 7) is 6.97. The lowest BCUT2D eigenvalue weighted by Gasteiger charge is -2.35. The average Bonchev–Trinajstić information content (AvgIpc) is 3.02. The monoisotopic (exact) mass is 661 g/mol. The zero-order valence-electron chi connectivity index (χ0n) is 26.7. The van der Waals surface area contributed by atoms with Crippen LogP contribution in [0.3, 0.4) is 0 Å². The maximum Gasteiger partial charge on any atom is 0.264 e. The number of ether oxygens (including phenoxy) is 1. The van der Waals surface area contributed by atoms with Gasteiger partial charge in [0.05, 0.1) is 17.7 Å². The van der Waals surface area contributed by atoms with Crippen LogP contribution < -0.4 is 14.4 Å². The maximum absolute atomic E-state index is 14.5. The fourth-order valence-electron chi connectivity index (χ4n) is 4.91. The summed E-state index contributed by atoms with van der Waals surface area (Å²) in [7, 11) is -2.69.